The fourth-order valence-electron chi connectivity index (χ4n) is 4.84. The minimum atomic E-state index is -0.287. The van der Waals surface area contributed by atoms with Gasteiger partial charge in [-0.15, -0.1) is 0 Å². The number of carbonyl (C=O) groups excluding carboxylic acids is 1. The molecule has 0 radical (unpaired) electrons. The number of primary amides is 1. The number of benzene rings is 2. The topological polar surface area (TPSA) is 119 Å². The third-order valence-corrected chi connectivity index (χ3v) is 6.85. The Morgan fingerprint density at radius 3 is 2.72 bits per heavy atom. The molecule has 1 aliphatic rings. The first-order valence-corrected chi connectivity index (χ1v) is 12.9. The van der Waals surface area contributed by atoms with Gasteiger partial charge >= 0.3 is 0 Å². The highest BCUT2D eigenvalue weighted by atomic mass is 16.5. The number of fused-ring (bicyclic) bond motifs is 1. The first kappa shape index (κ1) is 24.6. The number of amides is 1. The van der Waals surface area contributed by atoms with Crippen LogP contribution in [0.3, 0.4) is 0 Å². The van der Waals surface area contributed by atoms with Gasteiger partial charge in [-0.3, -0.25) is 14.7 Å². The number of nitrogens with zero attached hydrogens (tertiary/aromatic N) is 4. The molecule has 5 aromatic rings. The van der Waals surface area contributed by atoms with E-state index in [0.29, 0.717) is 35.9 Å². The first-order chi connectivity index (χ1) is 19.1. The number of furan rings is 1. The molecular weight excluding hydrogens is 492 g/mol. The molecule has 1 unspecified atom stereocenters. The van der Waals surface area contributed by atoms with Crippen LogP contribution in [0.15, 0.2) is 89.7 Å². The van der Waals surface area contributed by atoms with Crippen molar-refractivity contribution in [3.8, 4) is 17.2 Å². The average molecular weight is 521 g/mol. The van der Waals surface area contributed by atoms with E-state index in [1.807, 2.05) is 72.8 Å². The number of ether oxygens (including phenoxy) is 1. The predicted molar refractivity (Wildman–Crippen MR) is 148 cm³/mol. The summed E-state index contributed by atoms with van der Waals surface area (Å²) >= 11 is 0. The molecule has 0 spiro atoms. The molecule has 0 aliphatic carbocycles. The molecule has 1 amide bonds. The van der Waals surface area contributed by atoms with E-state index >= 15 is 0 Å². The Kier molecular flexibility index (Phi) is 6.88. The van der Waals surface area contributed by atoms with Crippen molar-refractivity contribution >= 4 is 28.3 Å². The Morgan fingerprint density at radius 1 is 1.05 bits per heavy atom. The molecule has 1 fully saturated rings. The number of anilines is 2. The second kappa shape index (κ2) is 10.9. The average Bonchev–Trinajstić information content (AvgIpc) is 3.63. The van der Waals surface area contributed by atoms with E-state index in [0.717, 1.165) is 47.5 Å². The van der Waals surface area contributed by atoms with Crippen LogP contribution in [0.1, 0.15) is 24.2 Å². The van der Waals surface area contributed by atoms with Crippen LogP contribution < -0.4 is 15.8 Å². The van der Waals surface area contributed by atoms with Gasteiger partial charge in [0, 0.05) is 11.1 Å². The van der Waals surface area contributed by atoms with Gasteiger partial charge in [0.2, 0.25) is 5.91 Å². The SMILES string of the molecule is NC(=O)C1CCCN1Cc1ccc(-c2cc3c(Nc4ccc(OCc5ccccc5)cc4)ncnc3cn2)o1. The smallest absolute Gasteiger partial charge is 0.234 e. The van der Waals surface area contributed by atoms with Crippen molar-refractivity contribution in [1.29, 1.82) is 0 Å². The first-order valence-electron chi connectivity index (χ1n) is 12.9. The molecule has 0 saturated carbocycles. The second-order valence-corrected chi connectivity index (χ2v) is 9.53. The number of hydrogen-bond acceptors (Lipinski definition) is 8. The maximum atomic E-state index is 11.7. The lowest BCUT2D eigenvalue weighted by atomic mass is 10.2. The van der Waals surface area contributed by atoms with Crippen LogP contribution in [-0.4, -0.2) is 38.3 Å². The third kappa shape index (κ3) is 5.58. The molecule has 1 atom stereocenters. The second-order valence-electron chi connectivity index (χ2n) is 9.53. The highest BCUT2D eigenvalue weighted by molar-refractivity contribution is 5.92. The normalized spacial score (nSPS) is 15.4. The van der Waals surface area contributed by atoms with Crippen molar-refractivity contribution in [2.45, 2.75) is 32.0 Å². The summed E-state index contributed by atoms with van der Waals surface area (Å²) in [5.74, 6) is 2.56. The molecule has 0 bridgehead atoms. The zero-order valence-corrected chi connectivity index (χ0v) is 21.3. The van der Waals surface area contributed by atoms with Crippen molar-refractivity contribution in [3.63, 3.8) is 0 Å². The summed E-state index contributed by atoms with van der Waals surface area (Å²) in [7, 11) is 0. The Hall–Kier alpha value is -4.76. The van der Waals surface area contributed by atoms with Gasteiger partial charge < -0.3 is 20.2 Å². The lowest BCUT2D eigenvalue weighted by molar-refractivity contribution is -0.122. The quantitative estimate of drug-likeness (QED) is 0.277. The molecule has 196 valence electrons. The Morgan fingerprint density at radius 2 is 1.90 bits per heavy atom. The van der Waals surface area contributed by atoms with E-state index in [1.165, 1.54) is 6.33 Å². The standard InChI is InChI=1S/C30H28N6O3/c31-29(37)27-7-4-14-36(27)17-23-12-13-28(39-23)25-15-24-26(16-32-25)33-19-34-30(24)35-21-8-10-22(11-9-21)38-18-20-5-2-1-3-6-20/h1-3,5-6,8-13,15-16,19,27H,4,7,14,17-18H2,(H2,31,37)(H,33,34,35). The zero-order valence-electron chi connectivity index (χ0n) is 21.3. The maximum absolute atomic E-state index is 11.7. The number of pyridine rings is 1. The third-order valence-electron chi connectivity index (χ3n) is 6.85. The van der Waals surface area contributed by atoms with E-state index in [9.17, 15) is 4.79 Å². The van der Waals surface area contributed by atoms with E-state index < -0.39 is 0 Å². The number of nitrogens with two attached hydrogens (primary N) is 1. The van der Waals surface area contributed by atoms with Gasteiger partial charge in [-0.2, -0.15) is 0 Å². The van der Waals surface area contributed by atoms with E-state index in [4.69, 9.17) is 14.9 Å². The summed E-state index contributed by atoms with van der Waals surface area (Å²) in [4.78, 5) is 27.2. The van der Waals surface area contributed by atoms with Gasteiger partial charge in [0.1, 0.15) is 36.0 Å². The minimum absolute atomic E-state index is 0.243. The highest BCUT2D eigenvalue weighted by Crippen LogP contribution is 2.29. The Balaban J connectivity index is 1.17. The predicted octanol–water partition coefficient (Wildman–Crippen LogP) is 5.06. The maximum Gasteiger partial charge on any atom is 0.234 e. The van der Waals surface area contributed by atoms with E-state index in [-0.39, 0.29) is 11.9 Å². The molecule has 9 heteroatoms. The molecule has 2 aromatic carbocycles. The number of rotatable bonds is 9. The van der Waals surface area contributed by atoms with Crippen LogP contribution >= 0.6 is 0 Å². The number of likely N-dealkylation sites (tertiary alicyclic amines) is 1. The summed E-state index contributed by atoms with van der Waals surface area (Å²) < 4.78 is 12.0. The summed E-state index contributed by atoms with van der Waals surface area (Å²) in [5, 5.41) is 4.20. The summed E-state index contributed by atoms with van der Waals surface area (Å²) in [6, 6.07) is 23.3. The van der Waals surface area contributed by atoms with Crippen molar-refractivity contribution in [2.75, 3.05) is 11.9 Å². The van der Waals surface area contributed by atoms with Crippen LogP contribution in [0.5, 0.6) is 5.75 Å². The van der Waals surface area contributed by atoms with Crippen LogP contribution in [0, 0.1) is 0 Å². The number of carbonyl (C=O) groups is 1. The molecule has 9 nitrogen and oxygen atoms in total. The number of hydrogen-bond donors (Lipinski definition) is 2. The van der Waals surface area contributed by atoms with Gasteiger partial charge in [0.25, 0.3) is 0 Å². The van der Waals surface area contributed by atoms with Gasteiger partial charge in [0.15, 0.2) is 5.76 Å². The van der Waals surface area contributed by atoms with Crippen LogP contribution in [0.4, 0.5) is 11.5 Å². The molecular formula is C30H28N6O3. The fraction of sp³-hybridized carbons (Fsp3) is 0.200. The van der Waals surface area contributed by atoms with Crippen molar-refractivity contribution < 1.29 is 13.9 Å². The van der Waals surface area contributed by atoms with Gasteiger partial charge in [-0.05, 0) is 67.4 Å². The summed E-state index contributed by atoms with van der Waals surface area (Å²) in [5.41, 5.74) is 8.93. The van der Waals surface area contributed by atoms with Crippen molar-refractivity contribution in [3.05, 3.63) is 96.6 Å². The van der Waals surface area contributed by atoms with Gasteiger partial charge in [-0.1, -0.05) is 30.3 Å². The molecule has 1 saturated heterocycles. The fourth-order valence-corrected chi connectivity index (χ4v) is 4.84. The Labute approximate surface area is 225 Å². The van der Waals surface area contributed by atoms with E-state index in [2.05, 4.69) is 25.2 Å². The lowest BCUT2D eigenvalue weighted by Gasteiger charge is -2.20. The van der Waals surface area contributed by atoms with Crippen molar-refractivity contribution in [2.24, 2.45) is 5.73 Å². The molecule has 39 heavy (non-hydrogen) atoms. The highest BCUT2D eigenvalue weighted by Gasteiger charge is 2.29. The van der Waals surface area contributed by atoms with Crippen LogP contribution in [0.2, 0.25) is 0 Å². The largest absolute Gasteiger partial charge is 0.489 e. The lowest BCUT2D eigenvalue weighted by Crippen LogP contribution is -2.39. The summed E-state index contributed by atoms with van der Waals surface area (Å²) in [6.07, 6.45) is 4.96. The molecule has 1 aliphatic heterocycles. The van der Waals surface area contributed by atoms with Gasteiger partial charge in [0.05, 0.1) is 24.3 Å². The van der Waals surface area contributed by atoms with Crippen LogP contribution in [-0.2, 0) is 17.9 Å². The molecule has 4 heterocycles. The van der Waals surface area contributed by atoms with Gasteiger partial charge in [-0.25, -0.2) is 9.97 Å². The minimum Gasteiger partial charge on any atom is -0.489 e. The van der Waals surface area contributed by atoms with Crippen LogP contribution in [0.25, 0.3) is 22.4 Å². The van der Waals surface area contributed by atoms with Crippen molar-refractivity contribution in [1.82, 2.24) is 19.9 Å². The Bertz CT molecular complexity index is 1590. The molecule has 3 N–H and O–H groups in total. The monoisotopic (exact) mass is 520 g/mol. The zero-order chi connectivity index (χ0) is 26.6. The summed E-state index contributed by atoms with van der Waals surface area (Å²) in [6.45, 7) is 1.87. The molecule has 3 aromatic heterocycles. The molecule has 6 rings (SSSR count). The van der Waals surface area contributed by atoms with E-state index in [1.54, 1.807) is 6.20 Å². The number of aromatic nitrogens is 3. The number of nitrogens with one attached hydrogen (secondary N) is 1.